The van der Waals surface area contributed by atoms with E-state index in [2.05, 4.69) is 5.32 Å². The third-order valence-corrected chi connectivity index (χ3v) is 2.58. The minimum absolute atomic E-state index is 0.145. The Morgan fingerprint density at radius 3 is 2.44 bits per heavy atom. The number of anilines is 1. The van der Waals surface area contributed by atoms with Gasteiger partial charge in [-0.25, -0.2) is 4.39 Å². The van der Waals surface area contributed by atoms with Crippen LogP contribution in [0.25, 0.3) is 0 Å². The SMILES string of the molecule is CCC(N)C(=O)Nc1cc(Cl)c(F)c(Cl)c1. The molecule has 1 amide bonds. The van der Waals surface area contributed by atoms with Crippen molar-refractivity contribution in [2.75, 3.05) is 5.32 Å². The van der Waals surface area contributed by atoms with Gasteiger partial charge in [-0.1, -0.05) is 30.1 Å². The fraction of sp³-hybridized carbons (Fsp3) is 0.300. The lowest BCUT2D eigenvalue weighted by Gasteiger charge is -2.10. The maximum atomic E-state index is 13.1. The van der Waals surface area contributed by atoms with Crippen LogP contribution in [-0.2, 0) is 4.79 Å². The van der Waals surface area contributed by atoms with Crippen molar-refractivity contribution in [3.63, 3.8) is 0 Å². The molecule has 6 heteroatoms. The number of benzene rings is 1. The number of carbonyl (C=O) groups is 1. The highest BCUT2D eigenvalue weighted by Gasteiger charge is 2.13. The second-order valence-electron chi connectivity index (χ2n) is 3.26. The van der Waals surface area contributed by atoms with Gasteiger partial charge in [-0.2, -0.15) is 0 Å². The average molecular weight is 265 g/mol. The lowest BCUT2D eigenvalue weighted by Crippen LogP contribution is -2.34. The molecular weight excluding hydrogens is 254 g/mol. The summed E-state index contributed by atoms with van der Waals surface area (Å²) in [4.78, 5) is 11.4. The van der Waals surface area contributed by atoms with Crippen molar-refractivity contribution in [1.29, 1.82) is 0 Å². The average Bonchev–Trinajstić information content (AvgIpc) is 2.24. The zero-order valence-electron chi connectivity index (χ0n) is 8.56. The van der Waals surface area contributed by atoms with Gasteiger partial charge < -0.3 is 11.1 Å². The Kier molecular flexibility index (Phi) is 4.53. The second kappa shape index (κ2) is 5.48. The first kappa shape index (κ1) is 13.2. The largest absolute Gasteiger partial charge is 0.325 e. The highest BCUT2D eigenvalue weighted by atomic mass is 35.5. The smallest absolute Gasteiger partial charge is 0.241 e. The van der Waals surface area contributed by atoms with Crippen LogP contribution in [0.2, 0.25) is 10.0 Å². The molecule has 0 aromatic heterocycles. The first-order valence-corrected chi connectivity index (χ1v) is 5.42. The van der Waals surface area contributed by atoms with Crippen molar-refractivity contribution >= 4 is 34.8 Å². The summed E-state index contributed by atoms with van der Waals surface area (Å²) in [6, 6.07) is 1.95. The molecule has 0 aliphatic rings. The summed E-state index contributed by atoms with van der Waals surface area (Å²) < 4.78 is 13.1. The lowest BCUT2D eigenvalue weighted by molar-refractivity contribution is -0.117. The predicted octanol–water partition coefficient (Wildman–Crippen LogP) is 2.81. The summed E-state index contributed by atoms with van der Waals surface area (Å²) in [6.07, 6.45) is 0.508. The summed E-state index contributed by atoms with van der Waals surface area (Å²) in [5.74, 6) is -1.07. The molecule has 0 radical (unpaired) electrons. The summed E-state index contributed by atoms with van der Waals surface area (Å²) >= 11 is 11.1. The number of nitrogens with two attached hydrogens (primary N) is 1. The van der Waals surface area contributed by atoms with E-state index in [1.54, 1.807) is 6.92 Å². The van der Waals surface area contributed by atoms with Crippen LogP contribution in [-0.4, -0.2) is 11.9 Å². The molecule has 1 unspecified atom stereocenters. The Bertz CT molecular complexity index is 389. The van der Waals surface area contributed by atoms with Gasteiger partial charge in [-0.15, -0.1) is 0 Å². The van der Waals surface area contributed by atoms with Gasteiger partial charge in [0.15, 0.2) is 5.82 Å². The van der Waals surface area contributed by atoms with E-state index >= 15 is 0 Å². The third-order valence-electron chi connectivity index (χ3n) is 2.03. The molecule has 1 aromatic carbocycles. The molecule has 1 atom stereocenters. The molecular formula is C10H11Cl2FN2O. The van der Waals surface area contributed by atoms with Crippen LogP contribution in [0, 0.1) is 5.82 Å². The quantitative estimate of drug-likeness (QED) is 0.825. The van der Waals surface area contributed by atoms with Crippen molar-refractivity contribution in [2.24, 2.45) is 5.73 Å². The lowest BCUT2D eigenvalue weighted by atomic mass is 10.2. The number of nitrogens with one attached hydrogen (secondary N) is 1. The Morgan fingerprint density at radius 2 is 2.00 bits per heavy atom. The van der Waals surface area contributed by atoms with Gasteiger partial charge >= 0.3 is 0 Å². The number of amides is 1. The molecule has 0 heterocycles. The molecule has 0 saturated heterocycles. The monoisotopic (exact) mass is 264 g/mol. The fourth-order valence-corrected chi connectivity index (χ4v) is 1.54. The number of carbonyl (C=O) groups excluding carboxylic acids is 1. The summed E-state index contributed by atoms with van der Waals surface area (Å²) in [5, 5.41) is 2.21. The van der Waals surface area contributed by atoms with Gasteiger partial charge in [0.1, 0.15) is 0 Å². The van der Waals surface area contributed by atoms with Crippen LogP contribution in [0.5, 0.6) is 0 Å². The predicted molar refractivity (Wildman–Crippen MR) is 63.3 cm³/mol. The van der Waals surface area contributed by atoms with Crippen LogP contribution in [0.15, 0.2) is 12.1 Å². The van der Waals surface area contributed by atoms with Crippen molar-refractivity contribution in [2.45, 2.75) is 19.4 Å². The molecule has 0 aliphatic carbocycles. The molecule has 0 aliphatic heterocycles. The normalized spacial score (nSPS) is 12.3. The zero-order valence-corrected chi connectivity index (χ0v) is 10.1. The summed E-state index contributed by atoms with van der Waals surface area (Å²) in [7, 11) is 0. The molecule has 16 heavy (non-hydrogen) atoms. The first-order valence-electron chi connectivity index (χ1n) is 4.66. The maximum Gasteiger partial charge on any atom is 0.241 e. The molecule has 0 bridgehead atoms. The van der Waals surface area contributed by atoms with E-state index in [9.17, 15) is 9.18 Å². The topological polar surface area (TPSA) is 55.1 Å². The van der Waals surface area contributed by atoms with Crippen LogP contribution in [0.4, 0.5) is 10.1 Å². The van der Waals surface area contributed by atoms with E-state index in [1.165, 1.54) is 12.1 Å². The highest BCUT2D eigenvalue weighted by molar-refractivity contribution is 6.35. The van der Waals surface area contributed by atoms with Crippen molar-refractivity contribution < 1.29 is 9.18 Å². The summed E-state index contributed by atoms with van der Waals surface area (Å²) in [5.41, 5.74) is 5.84. The number of rotatable bonds is 3. The van der Waals surface area contributed by atoms with Crippen LogP contribution in [0.3, 0.4) is 0 Å². The van der Waals surface area contributed by atoms with Crippen LogP contribution < -0.4 is 11.1 Å². The first-order chi connectivity index (χ1) is 7.45. The van der Waals surface area contributed by atoms with Crippen molar-refractivity contribution in [3.8, 4) is 0 Å². The molecule has 3 nitrogen and oxygen atoms in total. The Morgan fingerprint density at radius 1 is 1.50 bits per heavy atom. The molecule has 0 fully saturated rings. The van der Waals surface area contributed by atoms with Crippen LogP contribution >= 0.6 is 23.2 Å². The standard InChI is InChI=1S/C10H11Cl2FN2O/c1-2-8(14)10(16)15-5-3-6(11)9(13)7(12)4-5/h3-4,8H,2,14H2,1H3,(H,15,16). The molecule has 1 rings (SSSR count). The van der Waals surface area contributed by atoms with Crippen LogP contribution in [0.1, 0.15) is 13.3 Å². The van der Waals surface area contributed by atoms with E-state index in [-0.39, 0.29) is 16.0 Å². The summed E-state index contributed by atoms with van der Waals surface area (Å²) in [6.45, 7) is 1.79. The molecule has 0 saturated carbocycles. The Labute approximate surface area is 103 Å². The van der Waals surface area contributed by atoms with Gasteiger partial charge in [0.25, 0.3) is 0 Å². The van der Waals surface area contributed by atoms with E-state index in [1.807, 2.05) is 0 Å². The minimum atomic E-state index is -0.707. The number of halogens is 3. The Hall–Kier alpha value is -0.840. The van der Waals surface area contributed by atoms with Crippen molar-refractivity contribution in [1.82, 2.24) is 0 Å². The second-order valence-corrected chi connectivity index (χ2v) is 4.07. The number of hydrogen-bond acceptors (Lipinski definition) is 2. The van der Waals surface area contributed by atoms with E-state index in [0.717, 1.165) is 0 Å². The molecule has 3 N–H and O–H groups in total. The Balaban J connectivity index is 2.87. The van der Waals surface area contributed by atoms with E-state index < -0.39 is 11.9 Å². The van der Waals surface area contributed by atoms with E-state index in [0.29, 0.717) is 12.1 Å². The number of hydrogen-bond donors (Lipinski definition) is 2. The molecule has 88 valence electrons. The highest BCUT2D eigenvalue weighted by Crippen LogP contribution is 2.27. The molecule has 1 aromatic rings. The van der Waals surface area contributed by atoms with Gasteiger partial charge in [-0.3, -0.25) is 4.79 Å². The van der Waals surface area contributed by atoms with Gasteiger partial charge in [0.2, 0.25) is 5.91 Å². The van der Waals surface area contributed by atoms with Gasteiger partial charge in [-0.05, 0) is 18.6 Å². The van der Waals surface area contributed by atoms with Crippen molar-refractivity contribution in [3.05, 3.63) is 28.0 Å². The van der Waals surface area contributed by atoms with Gasteiger partial charge in [0, 0.05) is 5.69 Å². The zero-order chi connectivity index (χ0) is 12.3. The van der Waals surface area contributed by atoms with E-state index in [4.69, 9.17) is 28.9 Å². The molecule has 0 spiro atoms. The minimum Gasteiger partial charge on any atom is -0.325 e. The fourth-order valence-electron chi connectivity index (χ4n) is 1.05. The third kappa shape index (κ3) is 3.07. The maximum absolute atomic E-state index is 13.1. The van der Waals surface area contributed by atoms with Gasteiger partial charge in [0.05, 0.1) is 16.1 Å².